The molecular weight excluding hydrogens is 271 g/mol. The standard InChI is InChI=1S/C17H17FOS/c1-12-7-8-17(13(2)9-12)20-11-15(19)10-14-5-3-4-6-16(14)18/h3-9H,10-11H2,1-2H3. The molecule has 0 unspecified atom stereocenters. The van der Waals surface area contributed by atoms with Crippen LogP contribution >= 0.6 is 11.8 Å². The van der Waals surface area contributed by atoms with Gasteiger partial charge in [0.25, 0.3) is 0 Å². The highest BCUT2D eigenvalue weighted by Gasteiger charge is 2.09. The molecule has 0 aliphatic carbocycles. The van der Waals surface area contributed by atoms with Crippen LogP contribution in [-0.4, -0.2) is 11.5 Å². The lowest BCUT2D eigenvalue weighted by Gasteiger charge is -2.06. The highest BCUT2D eigenvalue weighted by atomic mass is 32.2. The van der Waals surface area contributed by atoms with Crippen LogP contribution in [0.4, 0.5) is 4.39 Å². The van der Waals surface area contributed by atoms with Gasteiger partial charge in [0.15, 0.2) is 0 Å². The van der Waals surface area contributed by atoms with Crippen molar-refractivity contribution in [3.63, 3.8) is 0 Å². The fraction of sp³-hybridized carbons (Fsp3) is 0.235. The first-order valence-corrected chi connectivity index (χ1v) is 7.50. The summed E-state index contributed by atoms with van der Waals surface area (Å²) in [6.45, 7) is 4.08. The topological polar surface area (TPSA) is 17.1 Å². The summed E-state index contributed by atoms with van der Waals surface area (Å²) in [5.74, 6) is 0.107. The number of benzene rings is 2. The van der Waals surface area contributed by atoms with Gasteiger partial charge in [0.2, 0.25) is 0 Å². The van der Waals surface area contributed by atoms with Crippen molar-refractivity contribution in [3.8, 4) is 0 Å². The molecule has 0 saturated carbocycles. The zero-order valence-electron chi connectivity index (χ0n) is 11.7. The summed E-state index contributed by atoms with van der Waals surface area (Å²) in [5.41, 5.74) is 2.86. The normalized spacial score (nSPS) is 10.6. The van der Waals surface area contributed by atoms with Crippen LogP contribution in [0.3, 0.4) is 0 Å². The van der Waals surface area contributed by atoms with E-state index in [0.717, 1.165) is 4.90 Å². The number of rotatable bonds is 5. The van der Waals surface area contributed by atoms with Crippen LogP contribution < -0.4 is 0 Å². The highest BCUT2D eigenvalue weighted by Crippen LogP contribution is 2.23. The number of carbonyl (C=O) groups is 1. The highest BCUT2D eigenvalue weighted by molar-refractivity contribution is 8.00. The van der Waals surface area contributed by atoms with Crippen LogP contribution in [-0.2, 0) is 11.2 Å². The molecule has 1 nitrogen and oxygen atoms in total. The third-order valence-corrected chi connectivity index (χ3v) is 4.30. The average Bonchev–Trinajstić information content (AvgIpc) is 2.40. The number of halogens is 1. The lowest BCUT2D eigenvalue weighted by atomic mass is 10.1. The van der Waals surface area contributed by atoms with E-state index in [9.17, 15) is 9.18 Å². The summed E-state index contributed by atoms with van der Waals surface area (Å²) in [4.78, 5) is 13.0. The molecule has 2 aromatic carbocycles. The Bertz CT molecular complexity index is 622. The molecule has 0 N–H and O–H groups in total. The predicted molar refractivity (Wildman–Crippen MR) is 81.8 cm³/mol. The monoisotopic (exact) mass is 288 g/mol. The SMILES string of the molecule is Cc1ccc(SCC(=O)Cc2ccccc2F)c(C)c1. The van der Waals surface area contributed by atoms with Crippen molar-refractivity contribution in [3.05, 3.63) is 65.0 Å². The molecule has 3 heteroatoms. The van der Waals surface area contributed by atoms with Gasteiger partial charge in [-0.1, -0.05) is 35.9 Å². The molecule has 0 saturated heterocycles. The van der Waals surface area contributed by atoms with Gasteiger partial charge in [-0.3, -0.25) is 4.79 Å². The Kier molecular flexibility index (Phi) is 4.96. The fourth-order valence-electron chi connectivity index (χ4n) is 2.02. The number of aryl methyl sites for hydroxylation is 2. The minimum absolute atomic E-state index is 0.0417. The lowest BCUT2D eigenvalue weighted by molar-refractivity contribution is -0.116. The maximum Gasteiger partial charge on any atom is 0.147 e. The van der Waals surface area contributed by atoms with E-state index in [4.69, 9.17) is 0 Å². The summed E-state index contributed by atoms with van der Waals surface area (Å²) in [6.07, 6.45) is 0.157. The van der Waals surface area contributed by atoms with Crippen LogP contribution in [0.2, 0.25) is 0 Å². The van der Waals surface area contributed by atoms with Gasteiger partial charge in [0, 0.05) is 11.3 Å². The Morgan fingerprint density at radius 2 is 1.90 bits per heavy atom. The number of carbonyl (C=O) groups excluding carboxylic acids is 1. The molecule has 0 atom stereocenters. The summed E-state index contributed by atoms with van der Waals surface area (Å²) < 4.78 is 13.5. The van der Waals surface area contributed by atoms with Crippen molar-refractivity contribution < 1.29 is 9.18 Å². The Morgan fingerprint density at radius 3 is 2.60 bits per heavy atom. The quantitative estimate of drug-likeness (QED) is 0.761. The second kappa shape index (κ2) is 6.71. The fourth-order valence-corrected chi connectivity index (χ4v) is 2.89. The zero-order valence-corrected chi connectivity index (χ0v) is 12.5. The molecule has 0 heterocycles. The summed E-state index contributed by atoms with van der Waals surface area (Å²) >= 11 is 1.52. The Morgan fingerprint density at radius 1 is 1.15 bits per heavy atom. The lowest BCUT2D eigenvalue weighted by Crippen LogP contribution is -2.07. The van der Waals surface area contributed by atoms with Gasteiger partial charge in [-0.15, -0.1) is 11.8 Å². The molecule has 0 aliphatic heterocycles. The summed E-state index contributed by atoms with van der Waals surface area (Å²) in [7, 11) is 0. The van der Waals surface area contributed by atoms with E-state index in [1.165, 1.54) is 29.0 Å². The van der Waals surface area contributed by atoms with E-state index in [2.05, 4.69) is 6.07 Å². The smallest absolute Gasteiger partial charge is 0.147 e. The Hall–Kier alpha value is -1.61. The number of ketones is 1. The molecule has 0 bridgehead atoms. The molecule has 0 aliphatic rings. The van der Waals surface area contributed by atoms with E-state index >= 15 is 0 Å². The van der Waals surface area contributed by atoms with Crippen molar-refractivity contribution in [1.29, 1.82) is 0 Å². The second-order valence-electron chi connectivity index (χ2n) is 4.86. The van der Waals surface area contributed by atoms with Gasteiger partial charge in [0.05, 0.1) is 5.75 Å². The van der Waals surface area contributed by atoms with E-state index in [1.807, 2.05) is 26.0 Å². The van der Waals surface area contributed by atoms with Crippen LogP contribution in [0.15, 0.2) is 47.4 Å². The number of hydrogen-bond donors (Lipinski definition) is 0. The molecule has 0 fully saturated rings. The predicted octanol–water partition coefficient (Wildman–Crippen LogP) is 4.35. The molecule has 2 aromatic rings. The maximum atomic E-state index is 13.5. The van der Waals surface area contributed by atoms with E-state index in [-0.39, 0.29) is 18.0 Å². The second-order valence-corrected chi connectivity index (χ2v) is 5.88. The van der Waals surface area contributed by atoms with Gasteiger partial charge in [-0.25, -0.2) is 4.39 Å². The number of thioether (sulfide) groups is 1. The largest absolute Gasteiger partial charge is 0.298 e. The third kappa shape index (κ3) is 3.94. The molecule has 20 heavy (non-hydrogen) atoms. The van der Waals surface area contributed by atoms with Gasteiger partial charge >= 0.3 is 0 Å². The Labute approximate surface area is 123 Å². The minimum Gasteiger partial charge on any atom is -0.298 e. The first-order valence-electron chi connectivity index (χ1n) is 6.51. The number of Topliss-reactive ketones (excluding diaryl/α,β-unsaturated/α-hetero) is 1. The number of hydrogen-bond acceptors (Lipinski definition) is 2. The molecule has 0 aromatic heterocycles. The van der Waals surface area contributed by atoms with Crippen molar-refractivity contribution in [2.75, 3.05) is 5.75 Å². The van der Waals surface area contributed by atoms with Crippen LogP contribution in [0.5, 0.6) is 0 Å². The van der Waals surface area contributed by atoms with Crippen LogP contribution in [0.25, 0.3) is 0 Å². The molecule has 104 valence electrons. The van der Waals surface area contributed by atoms with Gasteiger partial charge in [-0.05, 0) is 37.1 Å². The van der Waals surface area contributed by atoms with Crippen molar-refractivity contribution >= 4 is 17.5 Å². The molecule has 2 rings (SSSR count). The minimum atomic E-state index is -0.308. The third-order valence-electron chi connectivity index (χ3n) is 3.06. The molecule has 0 radical (unpaired) electrons. The van der Waals surface area contributed by atoms with E-state index in [0.29, 0.717) is 11.3 Å². The average molecular weight is 288 g/mol. The summed E-state index contributed by atoms with van der Waals surface area (Å²) in [6, 6.07) is 12.6. The van der Waals surface area contributed by atoms with Crippen molar-refractivity contribution in [2.24, 2.45) is 0 Å². The molecule has 0 spiro atoms. The van der Waals surface area contributed by atoms with Crippen molar-refractivity contribution in [2.45, 2.75) is 25.2 Å². The van der Waals surface area contributed by atoms with E-state index in [1.54, 1.807) is 18.2 Å². The van der Waals surface area contributed by atoms with Crippen molar-refractivity contribution in [1.82, 2.24) is 0 Å². The van der Waals surface area contributed by atoms with Gasteiger partial charge < -0.3 is 0 Å². The molecular formula is C17H17FOS. The van der Waals surface area contributed by atoms with Crippen LogP contribution in [0, 0.1) is 19.7 Å². The maximum absolute atomic E-state index is 13.5. The summed E-state index contributed by atoms with van der Waals surface area (Å²) in [5, 5.41) is 0. The molecule has 0 amide bonds. The van der Waals surface area contributed by atoms with Crippen LogP contribution in [0.1, 0.15) is 16.7 Å². The van der Waals surface area contributed by atoms with E-state index < -0.39 is 0 Å². The zero-order chi connectivity index (χ0) is 14.5. The first kappa shape index (κ1) is 14.8. The Balaban J connectivity index is 1.94. The van der Waals surface area contributed by atoms with Gasteiger partial charge in [-0.2, -0.15) is 0 Å². The first-order chi connectivity index (χ1) is 9.56. The van der Waals surface area contributed by atoms with Gasteiger partial charge in [0.1, 0.15) is 11.6 Å².